The number of hydrazine groups is 1. The third-order valence-electron chi connectivity index (χ3n) is 3.44. The summed E-state index contributed by atoms with van der Waals surface area (Å²) < 4.78 is 0. The molecule has 0 spiro atoms. The first-order chi connectivity index (χ1) is 9.60. The van der Waals surface area contributed by atoms with Crippen LogP contribution in [-0.4, -0.2) is 4.98 Å². The lowest BCUT2D eigenvalue weighted by molar-refractivity contribution is 0.550. The summed E-state index contributed by atoms with van der Waals surface area (Å²) in [5.41, 5.74) is 6.46. The Balaban J connectivity index is 2.11. The number of nitrogens with zero attached hydrogens (tertiary/aromatic N) is 1. The summed E-state index contributed by atoms with van der Waals surface area (Å²) in [4.78, 5) is 4.10. The molecule has 1 unspecified atom stereocenters. The van der Waals surface area contributed by atoms with Crippen molar-refractivity contribution in [3.05, 3.63) is 64.4 Å². The summed E-state index contributed by atoms with van der Waals surface area (Å²) >= 11 is 5.80. The molecule has 0 aliphatic carbocycles. The first kappa shape index (κ1) is 15.0. The molecule has 0 radical (unpaired) electrons. The maximum absolute atomic E-state index is 5.80. The highest BCUT2D eigenvalue weighted by atomic mass is 35.5. The van der Waals surface area contributed by atoms with E-state index < -0.39 is 0 Å². The molecule has 0 aliphatic heterocycles. The van der Waals surface area contributed by atoms with Gasteiger partial charge in [0.05, 0.1) is 6.04 Å². The molecule has 0 aliphatic rings. The Hall–Kier alpha value is -1.42. The molecule has 2 aromatic rings. The van der Waals surface area contributed by atoms with Gasteiger partial charge in [-0.1, -0.05) is 55.8 Å². The smallest absolute Gasteiger partial charge is 0.129 e. The SMILES string of the molecule is CC(C)c1ccc(CC(NN)c2ccc(Cl)nc2)cc1. The van der Waals surface area contributed by atoms with Crippen LogP contribution in [0.1, 0.15) is 42.5 Å². The minimum atomic E-state index is 0.0321. The second-order valence-electron chi connectivity index (χ2n) is 5.23. The molecule has 4 heteroatoms. The van der Waals surface area contributed by atoms with Crippen LogP contribution in [0.25, 0.3) is 0 Å². The lowest BCUT2D eigenvalue weighted by Crippen LogP contribution is -2.29. The maximum Gasteiger partial charge on any atom is 0.129 e. The average molecular weight is 290 g/mol. The second kappa shape index (κ2) is 6.84. The molecule has 1 aromatic carbocycles. The minimum absolute atomic E-state index is 0.0321. The van der Waals surface area contributed by atoms with Crippen molar-refractivity contribution in [3.8, 4) is 0 Å². The molecule has 20 heavy (non-hydrogen) atoms. The van der Waals surface area contributed by atoms with Gasteiger partial charge in [-0.25, -0.2) is 4.98 Å². The van der Waals surface area contributed by atoms with E-state index in [1.807, 2.05) is 6.07 Å². The molecule has 2 rings (SSSR count). The minimum Gasteiger partial charge on any atom is -0.271 e. The number of halogens is 1. The topological polar surface area (TPSA) is 50.9 Å². The van der Waals surface area contributed by atoms with E-state index in [1.165, 1.54) is 11.1 Å². The van der Waals surface area contributed by atoms with E-state index in [-0.39, 0.29) is 6.04 Å². The van der Waals surface area contributed by atoms with E-state index in [9.17, 15) is 0 Å². The summed E-state index contributed by atoms with van der Waals surface area (Å²) in [5.74, 6) is 6.21. The lowest BCUT2D eigenvalue weighted by Gasteiger charge is -2.16. The monoisotopic (exact) mass is 289 g/mol. The highest BCUT2D eigenvalue weighted by molar-refractivity contribution is 6.29. The van der Waals surface area contributed by atoms with Crippen molar-refractivity contribution in [2.24, 2.45) is 5.84 Å². The molecule has 0 fully saturated rings. The van der Waals surface area contributed by atoms with E-state index in [0.717, 1.165) is 12.0 Å². The van der Waals surface area contributed by atoms with Crippen LogP contribution in [-0.2, 0) is 6.42 Å². The van der Waals surface area contributed by atoms with Gasteiger partial charge in [0.25, 0.3) is 0 Å². The van der Waals surface area contributed by atoms with Crippen molar-refractivity contribution in [1.82, 2.24) is 10.4 Å². The van der Waals surface area contributed by atoms with E-state index >= 15 is 0 Å². The predicted molar refractivity (Wildman–Crippen MR) is 83.5 cm³/mol. The molecule has 0 bridgehead atoms. The van der Waals surface area contributed by atoms with Gasteiger partial charge in [0.15, 0.2) is 0 Å². The number of rotatable bonds is 5. The van der Waals surface area contributed by atoms with Crippen LogP contribution in [0.3, 0.4) is 0 Å². The van der Waals surface area contributed by atoms with Crippen molar-refractivity contribution in [2.75, 3.05) is 0 Å². The average Bonchev–Trinajstić information content (AvgIpc) is 2.46. The van der Waals surface area contributed by atoms with Gasteiger partial charge >= 0.3 is 0 Å². The largest absolute Gasteiger partial charge is 0.271 e. The molecule has 3 nitrogen and oxygen atoms in total. The number of nitrogens with two attached hydrogens (primary N) is 1. The van der Waals surface area contributed by atoms with Crippen LogP contribution in [0.2, 0.25) is 5.15 Å². The van der Waals surface area contributed by atoms with Gasteiger partial charge in [-0.15, -0.1) is 0 Å². The third kappa shape index (κ3) is 3.79. The fourth-order valence-electron chi connectivity index (χ4n) is 2.14. The van der Waals surface area contributed by atoms with Crippen molar-refractivity contribution in [2.45, 2.75) is 32.2 Å². The Labute approximate surface area is 125 Å². The standard InChI is InChI=1S/C16H20ClN3/c1-11(2)13-5-3-12(4-6-13)9-15(20-18)14-7-8-16(17)19-10-14/h3-8,10-11,15,20H,9,18H2,1-2H3. The molecule has 1 atom stereocenters. The molecule has 1 aromatic heterocycles. The molecule has 0 saturated carbocycles. The van der Waals surface area contributed by atoms with E-state index in [2.05, 4.69) is 48.5 Å². The van der Waals surface area contributed by atoms with E-state index in [0.29, 0.717) is 11.1 Å². The molecular weight excluding hydrogens is 270 g/mol. The van der Waals surface area contributed by atoms with Crippen LogP contribution in [0.15, 0.2) is 42.6 Å². The zero-order valence-corrected chi connectivity index (χ0v) is 12.6. The summed E-state index contributed by atoms with van der Waals surface area (Å²) in [6.45, 7) is 4.39. The number of hydrogen-bond donors (Lipinski definition) is 2. The highest BCUT2D eigenvalue weighted by Crippen LogP contribution is 2.20. The Kier molecular flexibility index (Phi) is 5.12. The molecular formula is C16H20ClN3. The normalized spacial score (nSPS) is 12.7. The van der Waals surface area contributed by atoms with Gasteiger partial charge < -0.3 is 0 Å². The Bertz CT molecular complexity index is 535. The summed E-state index contributed by atoms with van der Waals surface area (Å²) in [5, 5.41) is 0.491. The van der Waals surface area contributed by atoms with Crippen LogP contribution in [0, 0.1) is 0 Å². The fourth-order valence-corrected chi connectivity index (χ4v) is 2.25. The molecule has 0 amide bonds. The molecule has 3 N–H and O–H groups in total. The fraction of sp³-hybridized carbons (Fsp3) is 0.312. The first-order valence-electron chi connectivity index (χ1n) is 6.76. The van der Waals surface area contributed by atoms with E-state index in [4.69, 9.17) is 17.4 Å². The number of nitrogens with one attached hydrogen (secondary N) is 1. The number of aromatic nitrogens is 1. The van der Waals surface area contributed by atoms with Crippen molar-refractivity contribution in [1.29, 1.82) is 0 Å². The number of benzene rings is 1. The zero-order valence-electron chi connectivity index (χ0n) is 11.8. The third-order valence-corrected chi connectivity index (χ3v) is 3.66. The van der Waals surface area contributed by atoms with Crippen LogP contribution < -0.4 is 11.3 Å². The molecule has 106 valence electrons. The molecule has 0 saturated heterocycles. The van der Waals surface area contributed by atoms with E-state index in [1.54, 1.807) is 12.3 Å². The Morgan fingerprint density at radius 1 is 1.10 bits per heavy atom. The van der Waals surface area contributed by atoms with Gasteiger partial charge in [0.1, 0.15) is 5.15 Å². The zero-order chi connectivity index (χ0) is 14.5. The Morgan fingerprint density at radius 3 is 2.25 bits per heavy atom. The lowest BCUT2D eigenvalue weighted by atomic mass is 9.97. The van der Waals surface area contributed by atoms with Crippen molar-refractivity contribution in [3.63, 3.8) is 0 Å². The van der Waals surface area contributed by atoms with Gasteiger partial charge in [0.2, 0.25) is 0 Å². The Morgan fingerprint density at radius 2 is 1.75 bits per heavy atom. The van der Waals surface area contributed by atoms with Gasteiger partial charge in [0, 0.05) is 6.20 Å². The quantitative estimate of drug-likeness (QED) is 0.502. The van der Waals surface area contributed by atoms with Crippen molar-refractivity contribution >= 4 is 11.6 Å². The second-order valence-corrected chi connectivity index (χ2v) is 5.62. The van der Waals surface area contributed by atoms with Gasteiger partial charge in [-0.05, 0) is 35.1 Å². The maximum atomic E-state index is 5.80. The number of hydrogen-bond acceptors (Lipinski definition) is 3. The van der Waals surface area contributed by atoms with Gasteiger partial charge in [-0.3, -0.25) is 11.3 Å². The summed E-state index contributed by atoms with van der Waals surface area (Å²) in [7, 11) is 0. The first-order valence-corrected chi connectivity index (χ1v) is 7.14. The highest BCUT2D eigenvalue weighted by Gasteiger charge is 2.11. The van der Waals surface area contributed by atoms with Crippen LogP contribution in [0.5, 0.6) is 0 Å². The predicted octanol–water partition coefficient (Wildman–Crippen LogP) is 3.61. The molecule has 1 heterocycles. The van der Waals surface area contributed by atoms with Crippen LogP contribution >= 0.6 is 11.6 Å². The van der Waals surface area contributed by atoms with Crippen molar-refractivity contribution < 1.29 is 0 Å². The van der Waals surface area contributed by atoms with Gasteiger partial charge in [-0.2, -0.15) is 0 Å². The van der Waals surface area contributed by atoms with Crippen LogP contribution in [0.4, 0.5) is 0 Å². The number of pyridine rings is 1. The summed E-state index contributed by atoms with van der Waals surface area (Å²) in [6.07, 6.45) is 2.58. The summed E-state index contributed by atoms with van der Waals surface area (Å²) in [6, 6.07) is 12.4.